The molecule has 1 aromatic rings. The van der Waals surface area contributed by atoms with Gasteiger partial charge in [-0.2, -0.15) is 0 Å². The van der Waals surface area contributed by atoms with E-state index in [2.05, 4.69) is 9.97 Å². The first-order chi connectivity index (χ1) is 7.51. The van der Waals surface area contributed by atoms with Gasteiger partial charge in [0.1, 0.15) is 5.82 Å². The minimum atomic E-state index is -0.117. The maximum atomic E-state index is 11.3. The smallest absolute Gasteiger partial charge is 0.198 e. The molecule has 0 atom stereocenters. The zero-order chi connectivity index (χ0) is 12.3. The van der Waals surface area contributed by atoms with Crippen LogP contribution in [-0.2, 0) is 0 Å². The second-order valence-corrected chi connectivity index (χ2v) is 3.70. The summed E-state index contributed by atoms with van der Waals surface area (Å²) in [7, 11) is 3.80. The van der Waals surface area contributed by atoms with Gasteiger partial charge in [-0.15, -0.1) is 0 Å². The summed E-state index contributed by atoms with van der Waals surface area (Å²) in [6.07, 6.45) is 3.84. The third kappa shape index (κ3) is 2.27. The first kappa shape index (κ1) is 12.4. The van der Waals surface area contributed by atoms with Gasteiger partial charge >= 0.3 is 0 Å². The molecule has 86 valence electrons. The number of anilines is 1. The Morgan fingerprint density at radius 2 is 1.81 bits per heavy atom. The molecule has 4 heteroatoms. The van der Waals surface area contributed by atoms with Crippen LogP contribution in [0.1, 0.15) is 31.4 Å². The maximum Gasteiger partial charge on any atom is 0.198 e. The first-order valence-corrected chi connectivity index (χ1v) is 5.20. The van der Waals surface area contributed by atoms with Gasteiger partial charge in [-0.25, -0.2) is 9.97 Å². The molecule has 0 N–H and O–H groups in total. The fourth-order valence-corrected chi connectivity index (χ4v) is 1.47. The predicted octanol–water partition coefficient (Wildman–Crippen LogP) is 0.346. The molecule has 0 spiro atoms. The SMILES string of the molecule is CC=c1nc(C(C)=O)nc(N(C)C)c1=CC. The molecular weight excluding hydrogens is 202 g/mol. The van der Waals surface area contributed by atoms with Gasteiger partial charge in [0, 0.05) is 26.2 Å². The van der Waals surface area contributed by atoms with E-state index >= 15 is 0 Å². The molecule has 1 heterocycles. The van der Waals surface area contributed by atoms with Gasteiger partial charge in [-0.3, -0.25) is 4.79 Å². The van der Waals surface area contributed by atoms with E-state index < -0.39 is 0 Å². The van der Waals surface area contributed by atoms with Crippen LogP contribution in [-0.4, -0.2) is 29.8 Å². The number of nitrogens with zero attached hydrogens (tertiary/aromatic N) is 3. The minimum absolute atomic E-state index is 0.117. The average molecular weight is 219 g/mol. The highest BCUT2D eigenvalue weighted by Crippen LogP contribution is 1.98. The fraction of sp³-hybridized carbons (Fsp3) is 0.417. The number of hydrogen-bond acceptors (Lipinski definition) is 4. The number of carbonyl (C=O) groups is 1. The molecule has 0 saturated heterocycles. The minimum Gasteiger partial charge on any atom is -0.362 e. The van der Waals surface area contributed by atoms with E-state index in [9.17, 15) is 4.79 Å². The zero-order valence-corrected chi connectivity index (χ0v) is 10.4. The van der Waals surface area contributed by atoms with Crippen molar-refractivity contribution in [3.63, 3.8) is 0 Å². The van der Waals surface area contributed by atoms with E-state index in [4.69, 9.17) is 0 Å². The van der Waals surface area contributed by atoms with Crippen LogP contribution in [0.5, 0.6) is 0 Å². The van der Waals surface area contributed by atoms with Crippen molar-refractivity contribution in [2.24, 2.45) is 0 Å². The average Bonchev–Trinajstić information content (AvgIpc) is 2.26. The van der Waals surface area contributed by atoms with Crippen molar-refractivity contribution in [1.82, 2.24) is 9.97 Å². The molecule has 0 saturated carbocycles. The quantitative estimate of drug-likeness (QED) is 0.673. The summed E-state index contributed by atoms with van der Waals surface area (Å²) in [6, 6.07) is 0. The number of ketones is 1. The van der Waals surface area contributed by atoms with E-state index in [1.54, 1.807) is 0 Å². The summed E-state index contributed by atoms with van der Waals surface area (Å²) >= 11 is 0. The van der Waals surface area contributed by atoms with Gasteiger partial charge in [0.15, 0.2) is 11.6 Å². The molecule has 0 radical (unpaired) electrons. The van der Waals surface area contributed by atoms with Crippen LogP contribution in [0.2, 0.25) is 0 Å². The lowest BCUT2D eigenvalue weighted by atomic mass is 10.3. The Hall–Kier alpha value is -1.71. The standard InChI is InChI=1S/C12H17N3O/c1-6-9-10(7-2)13-11(8(3)16)14-12(9)15(4)5/h6-7H,1-5H3. The molecule has 0 fully saturated rings. The highest BCUT2D eigenvalue weighted by atomic mass is 16.1. The van der Waals surface area contributed by atoms with E-state index in [0.717, 1.165) is 16.4 Å². The van der Waals surface area contributed by atoms with E-state index in [0.29, 0.717) is 0 Å². The lowest BCUT2D eigenvalue weighted by Crippen LogP contribution is -2.36. The largest absolute Gasteiger partial charge is 0.362 e. The number of aromatic nitrogens is 2. The molecule has 0 aliphatic carbocycles. The van der Waals surface area contributed by atoms with Crippen LogP contribution in [0.25, 0.3) is 12.2 Å². The summed E-state index contributed by atoms with van der Waals surface area (Å²) in [5.41, 5.74) is 0. The molecule has 16 heavy (non-hydrogen) atoms. The molecule has 0 aromatic carbocycles. The Kier molecular flexibility index (Phi) is 3.77. The lowest BCUT2D eigenvalue weighted by molar-refractivity contribution is 0.100. The van der Waals surface area contributed by atoms with Crippen molar-refractivity contribution in [2.75, 3.05) is 19.0 Å². The summed E-state index contributed by atoms with van der Waals surface area (Å²) in [6.45, 7) is 5.31. The Morgan fingerprint density at radius 1 is 1.19 bits per heavy atom. The van der Waals surface area contributed by atoms with Gasteiger partial charge in [-0.1, -0.05) is 12.2 Å². The Bertz CT molecular complexity index is 518. The molecule has 4 nitrogen and oxygen atoms in total. The van der Waals surface area contributed by atoms with E-state index in [1.165, 1.54) is 6.92 Å². The van der Waals surface area contributed by atoms with E-state index in [1.807, 2.05) is 45.0 Å². The predicted molar refractivity (Wildman–Crippen MR) is 65.9 cm³/mol. The molecule has 0 unspecified atom stereocenters. The van der Waals surface area contributed by atoms with Gasteiger partial charge in [0.05, 0.1) is 5.35 Å². The van der Waals surface area contributed by atoms with Crippen molar-refractivity contribution in [3.05, 3.63) is 16.4 Å². The maximum absolute atomic E-state index is 11.3. The van der Waals surface area contributed by atoms with Crippen LogP contribution in [0.3, 0.4) is 0 Å². The Balaban J connectivity index is 3.72. The summed E-state index contributed by atoms with van der Waals surface area (Å²) in [5, 5.41) is 1.75. The number of hydrogen-bond donors (Lipinski definition) is 0. The third-order valence-electron chi connectivity index (χ3n) is 2.26. The monoisotopic (exact) mass is 219 g/mol. The normalized spacial score (nSPS) is 13.1. The van der Waals surface area contributed by atoms with Crippen molar-refractivity contribution in [2.45, 2.75) is 20.8 Å². The Morgan fingerprint density at radius 3 is 2.19 bits per heavy atom. The second kappa shape index (κ2) is 4.88. The number of carbonyl (C=O) groups excluding carboxylic acids is 1. The molecular formula is C12H17N3O. The summed E-state index contributed by atoms with van der Waals surface area (Å²) < 4.78 is 0. The second-order valence-electron chi connectivity index (χ2n) is 3.70. The summed E-state index contributed by atoms with van der Waals surface area (Å²) in [5.74, 6) is 0.923. The topological polar surface area (TPSA) is 46.1 Å². The van der Waals surface area contributed by atoms with Crippen molar-refractivity contribution in [3.8, 4) is 0 Å². The van der Waals surface area contributed by atoms with Crippen LogP contribution < -0.4 is 15.5 Å². The molecule has 1 rings (SSSR count). The Labute approximate surface area is 95.3 Å². The molecule has 0 aliphatic heterocycles. The lowest BCUT2D eigenvalue weighted by Gasteiger charge is -2.12. The van der Waals surface area contributed by atoms with Crippen molar-refractivity contribution in [1.29, 1.82) is 0 Å². The molecule has 0 aliphatic rings. The van der Waals surface area contributed by atoms with Crippen LogP contribution >= 0.6 is 0 Å². The van der Waals surface area contributed by atoms with Gasteiger partial charge in [0.25, 0.3) is 0 Å². The highest BCUT2D eigenvalue weighted by Gasteiger charge is 2.08. The van der Waals surface area contributed by atoms with Crippen molar-refractivity contribution < 1.29 is 4.79 Å². The van der Waals surface area contributed by atoms with Crippen LogP contribution in [0, 0.1) is 0 Å². The number of rotatable bonds is 2. The van der Waals surface area contributed by atoms with Gasteiger partial charge in [0.2, 0.25) is 0 Å². The molecule has 1 aromatic heterocycles. The molecule has 0 bridgehead atoms. The van der Waals surface area contributed by atoms with Crippen LogP contribution in [0.15, 0.2) is 0 Å². The zero-order valence-electron chi connectivity index (χ0n) is 10.4. The summed E-state index contributed by atoms with van der Waals surface area (Å²) in [4.78, 5) is 21.7. The fourth-order valence-electron chi connectivity index (χ4n) is 1.47. The van der Waals surface area contributed by atoms with E-state index in [-0.39, 0.29) is 11.6 Å². The highest BCUT2D eigenvalue weighted by molar-refractivity contribution is 5.90. The van der Waals surface area contributed by atoms with Crippen molar-refractivity contribution >= 4 is 23.8 Å². The van der Waals surface area contributed by atoms with Gasteiger partial charge in [-0.05, 0) is 13.8 Å². The first-order valence-electron chi connectivity index (χ1n) is 5.20. The third-order valence-corrected chi connectivity index (χ3v) is 2.26. The number of Topliss-reactive ketones (excluding diaryl/α,β-unsaturated/α-hetero) is 1. The van der Waals surface area contributed by atoms with Crippen LogP contribution in [0.4, 0.5) is 5.82 Å². The van der Waals surface area contributed by atoms with Gasteiger partial charge < -0.3 is 4.90 Å². The molecule has 0 amide bonds.